The molecule has 3 heterocycles. The molecule has 140 valence electrons. The van der Waals surface area contributed by atoms with E-state index < -0.39 is 7.12 Å². The second-order valence-electron chi connectivity index (χ2n) is 7.92. The molecule has 0 saturated carbocycles. The highest BCUT2D eigenvalue weighted by molar-refractivity contribution is 6.62. The molecular weight excluding hydrogens is 341 g/mol. The molecule has 2 aromatic heterocycles. The number of aromatic nitrogens is 3. The number of hydrogen-bond acceptors (Lipinski definition) is 5. The number of nitrogens with zero attached hydrogens (tertiary/aromatic N) is 3. The highest BCUT2D eigenvalue weighted by Gasteiger charge is 2.51. The van der Waals surface area contributed by atoms with Crippen molar-refractivity contribution in [2.24, 2.45) is 0 Å². The molecule has 6 nitrogen and oxygen atoms in total. The van der Waals surface area contributed by atoms with Crippen molar-refractivity contribution in [1.29, 1.82) is 0 Å². The molecule has 0 radical (unpaired) electrons. The van der Waals surface area contributed by atoms with Crippen LogP contribution in [0.25, 0.3) is 11.0 Å². The minimum absolute atomic E-state index is 0.370. The minimum atomic E-state index is -0.420. The van der Waals surface area contributed by atoms with Crippen LogP contribution >= 0.6 is 0 Å². The van der Waals surface area contributed by atoms with Gasteiger partial charge < -0.3 is 14.0 Å². The fraction of sp³-hybridized carbons (Fsp3) is 0.400. The van der Waals surface area contributed by atoms with E-state index in [0.717, 1.165) is 27.8 Å². The van der Waals surface area contributed by atoms with Crippen LogP contribution in [0.4, 0.5) is 0 Å². The molecule has 0 N–H and O–H groups in total. The molecule has 0 bridgehead atoms. The third-order valence-electron chi connectivity index (χ3n) is 5.51. The Balaban J connectivity index is 1.58. The van der Waals surface area contributed by atoms with Crippen LogP contribution in [-0.2, 0) is 15.9 Å². The van der Waals surface area contributed by atoms with Crippen molar-refractivity contribution in [2.75, 3.05) is 7.11 Å². The first-order valence-corrected chi connectivity index (χ1v) is 9.09. The van der Waals surface area contributed by atoms with Crippen LogP contribution in [0.2, 0.25) is 0 Å². The van der Waals surface area contributed by atoms with Crippen molar-refractivity contribution in [3.63, 3.8) is 0 Å². The average molecular weight is 365 g/mol. The molecule has 1 fully saturated rings. The minimum Gasteiger partial charge on any atom is -0.497 e. The van der Waals surface area contributed by atoms with Gasteiger partial charge in [0.05, 0.1) is 31.1 Å². The zero-order valence-corrected chi connectivity index (χ0v) is 16.4. The summed E-state index contributed by atoms with van der Waals surface area (Å²) in [7, 11) is 1.24. The van der Waals surface area contributed by atoms with Gasteiger partial charge in [0.1, 0.15) is 5.75 Å². The van der Waals surface area contributed by atoms with E-state index in [4.69, 9.17) is 14.0 Å². The molecule has 0 aliphatic carbocycles. The van der Waals surface area contributed by atoms with Crippen LogP contribution in [-0.4, -0.2) is 40.2 Å². The SMILES string of the molecule is COc1ccc(Cn2ncc3cc(B4OC(C)(C)C(C)(C)O4)cnc32)cc1. The molecule has 0 unspecified atom stereocenters. The van der Waals surface area contributed by atoms with Gasteiger partial charge in [-0.3, -0.25) is 0 Å². The Labute approximate surface area is 159 Å². The van der Waals surface area contributed by atoms with E-state index in [1.807, 2.05) is 75.1 Å². The van der Waals surface area contributed by atoms with E-state index in [2.05, 4.69) is 10.1 Å². The summed E-state index contributed by atoms with van der Waals surface area (Å²) in [6, 6.07) is 10.0. The van der Waals surface area contributed by atoms with Crippen molar-refractivity contribution in [2.45, 2.75) is 45.4 Å². The summed E-state index contributed by atoms with van der Waals surface area (Å²) < 4.78 is 19.3. The number of pyridine rings is 1. The molecule has 3 aromatic rings. The molecule has 0 spiro atoms. The molecule has 1 aliphatic rings. The van der Waals surface area contributed by atoms with Gasteiger partial charge in [-0.25, -0.2) is 9.67 Å². The summed E-state index contributed by atoms with van der Waals surface area (Å²) in [5.41, 5.74) is 2.14. The van der Waals surface area contributed by atoms with Gasteiger partial charge in [0.25, 0.3) is 0 Å². The van der Waals surface area contributed by atoms with E-state index in [9.17, 15) is 0 Å². The first kappa shape index (κ1) is 18.0. The largest absolute Gasteiger partial charge is 0.497 e. The summed E-state index contributed by atoms with van der Waals surface area (Å²) in [5.74, 6) is 0.842. The van der Waals surface area contributed by atoms with Crippen molar-refractivity contribution < 1.29 is 14.0 Å². The normalized spacial score (nSPS) is 18.2. The molecule has 1 aromatic carbocycles. The third-order valence-corrected chi connectivity index (χ3v) is 5.51. The fourth-order valence-electron chi connectivity index (χ4n) is 3.12. The standard InChI is InChI=1S/C20H24BN3O3/c1-19(2)20(3,4)27-21(26-19)16-10-15-11-23-24(18(15)22-12-16)13-14-6-8-17(25-5)9-7-14/h6-12H,13H2,1-5H3. The molecule has 1 saturated heterocycles. The number of hydrogen-bond donors (Lipinski definition) is 0. The second kappa shape index (κ2) is 6.35. The Kier molecular flexibility index (Phi) is 4.24. The van der Waals surface area contributed by atoms with Gasteiger partial charge in [0, 0.05) is 17.0 Å². The van der Waals surface area contributed by atoms with Crippen molar-refractivity contribution in [3.8, 4) is 5.75 Å². The molecule has 0 amide bonds. The lowest BCUT2D eigenvalue weighted by Crippen LogP contribution is -2.41. The van der Waals surface area contributed by atoms with Gasteiger partial charge in [0.2, 0.25) is 0 Å². The van der Waals surface area contributed by atoms with Crippen LogP contribution in [0.15, 0.2) is 42.7 Å². The van der Waals surface area contributed by atoms with Gasteiger partial charge in [-0.2, -0.15) is 5.10 Å². The summed E-state index contributed by atoms with van der Waals surface area (Å²) in [5, 5.41) is 5.47. The van der Waals surface area contributed by atoms with E-state index in [1.54, 1.807) is 7.11 Å². The van der Waals surface area contributed by atoms with Crippen LogP contribution in [0, 0.1) is 0 Å². The smallest absolute Gasteiger partial charge is 0.496 e. The van der Waals surface area contributed by atoms with Crippen molar-refractivity contribution in [3.05, 3.63) is 48.3 Å². The average Bonchev–Trinajstić information content (AvgIpc) is 3.12. The number of methoxy groups -OCH3 is 1. The summed E-state index contributed by atoms with van der Waals surface area (Å²) in [6.45, 7) is 8.84. The van der Waals surface area contributed by atoms with E-state index in [0.29, 0.717) is 6.54 Å². The van der Waals surface area contributed by atoms with E-state index in [-0.39, 0.29) is 11.2 Å². The molecule has 4 rings (SSSR count). The van der Waals surface area contributed by atoms with Crippen LogP contribution in [0.1, 0.15) is 33.3 Å². The highest BCUT2D eigenvalue weighted by atomic mass is 16.7. The predicted octanol–water partition coefficient (Wildman–Crippen LogP) is 2.79. The van der Waals surface area contributed by atoms with Crippen molar-refractivity contribution >= 4 is 23.6 Å². The molecule has 1 aliphatic heterocycles. The van der Waals surface area contributed by atoms with E-state index in [1.165, 1.54) is 0 Å². The monoisotopic (exact) mass is 365 g/mol. The third kappa shape index (κ3) is 3.21. The maximum absolute atomic E-state index is 6.12. The molecule has 7 heteroatoms. The van der Waals surface area contributed by atoms with Gasteiger partial charge in [0.15, 0.2) is 5.65 Å². The summed E-state index contributed by atoms with van der Waals surface area (Å²) >= 11 is 0. The maximum Gasteiger partial charge on any atom is 0.496 e. The molecule has 0 atom stereocenters. The molecular formula is C20H24BN3O3. The van der Waals surface area contributed by atoms with Crippen LogP contribution < -0.4 is 10.2 Å². The zero-order chi connectivity index (χ0) is 19.2. The van der Waals surface area contributed by atoms with Crippen LogP contribution in [0.5, 0.6) is 5.75 Å². The maximum atomic E-state index is 6.12. The number of fused-ring (bicyclic) bond motifs is 1. The number of ether oxygens (including phenoxy) is 1. The predicted molar refractivity (Wildman–Crippen MR) is 105 cm³/mol. The lowest BCUT2D eigenvalue weighted by molar-refractivity contribution is 0.00578. The number of benzene rings is 1. The Bertz CT molecular complexity index is 950. The number of rotatable bonds is 4. The van der Waals surface area contributed by atoms with Crippen molar-refractivity contribution in [1.82, 2.24) is 14.8 Å². The van der Waals surface area contributed by atoms with Gasteiger partial charge >= 0.3 is 7.12 Å². The van der Waals surface area contributed by atoms with Gasteiger partial charge in [-0.05, 0) is 51.5 Å². The quantitative estimate of drug-likeness (QED) is 0.666. The fourth-order valence-corrected chi connectivity index (χ4v) is 3.12. The Morgan fingerprint density at radius 1 is 1.04 bits per heavy atom. The lowest BCUT2D eigenvalue weighted by Gasteiger charge is -2.32. The lowest BCUT2D eigenvalue weighted by atomic mass is 9.80. The Hall–Kier alpha value is -2.38. The molecule has 27 heavy (non-hydrogen) atoms. The zero-order valence-electron chi connectivity index (χ0n) is 16.4. The topological polar surface area (TPSA) is 58.4 Å². The van der Waals surface area contributed by atoms with Crippen LogP contribution in [0.3, 0.4) is 0 Å². The Morgan fingerprint density at radius 2 is 1.70 bits per heavy atom. The summed E-state index contributed by atoms with van der Waals surface area (Å²) in [4.78, 5) is 4.63. The van der Waals surface area contributed by atoms with E-state index >= 15 is 0 Å². The second-order valence-corrected chi connectivity index (χ2v) is 7.92. The first-order valence-electron chi connectivity index (χ1n) is 9.09. The van der Waals surface area contributed by atoms with Gasteiger partial charge in [-0.15, -0.1) is 0 Å². The van der Waals surface area contributed by atoms with Gasteiger partial charge in [-0.1, -0.05) is 12.1 Å². The Morgan fingerprint density at radius 3 is 2.33 bits per heavy atom. The summed E-state index contributed by atoms with van der Waals surface area (Å²) in [6.07, 6.45) is 3.65. The first-order chi connectivity index (χ1) is 12.8. The highest BCUT2D eigenvalue weighted by Crippen LogP contribution is 2.36.